The van der Waals surface area contributed by atoms with E-state index in [-0.39, 0.29) is 42.6 Å². The highest BCUT2D eigenvalue weighted by Crippen LogP contribution is 2.33. The van der Waals surface area contributed by atoms with E-state index >= 15 is 0 Å². The number of rotatable bonds is 8. The van der Waals surface area contributed by atoms with E-state index in [0.29, 0.717) is 12.5 Å². The fourth-order valence-corrected chi connectivity index (χ4v) is 3.62. The zero-order chi connectivity index (χ0) is 19.6. The van der Waals surface area contributed by atoms with Crippen LogP contribution in [0.5, 0.6) is 0 Å². The summed E-state index contributed by atoms with van der Waals surface area (Å²) in [5, 5.41) is 16.5. The quantitative estimate of drug-likeness (QED) is 0.289. The number of aliphatic hydroxyl groups is 1. The molecule has 2 aromatic carbocycles. The van der Waals surface area contributed by atoms with Gasteiger partial charge in [-0.25, -0.2) is 0 Å². The molecule has 0 bridgehead atoms. The van der Waals surface area contributed by atoms with E-state index in [4.69, 9.17) is 9.73 Å². The smallest absolute Gasteiger partial charge is 0.191 e. The Labute approximate surface area is 191 Å². The fourth-order valence-electron chi connectivity index (χ4n) is 3.62. The lowest BCUT2D eigenvalue weighted by Gasteiger charge is -2.21. The number of hydrogen-bond acceptors (Lipinski definition) is 3. The van der Waals surface area contributed by atoms with Gasteiger partial charge in [0.25, 0.3) is 0 Å². The molecule has 29 heavy (non-hydrogen) atoms. The van der Waals surface area contributed by atoms with Crippen LogP contribution in [0.3, 0.4) is 0 Å². The van der Waals surface area contributed by atoms with E-state index in [1.54, 1.807) is 0 Å². The minimum Gasteiger partial charge on any atom is -0.396 e. The molecule has 0 radical (unpaired) electrons. The minimum absolute atomic E-state index is 0. The maximum Gasteiger partial charge on any atom is 0.191 e. The molecule has 3 atom stereocenters. The average Bonchev–Trinajstić information content (AvgIpc) is 3.22. The molecule has 158 valence electrons. The van der Waals surface area contributed by atoms with Crippen molar-refractivity contribution in [2.24, 2.45) is 10.9 Å². The summed E-state index contributed by atoms with van der Waals surface area (Å²) in [6, 6.07) is 20.5. The molecule has 5 nitrogen and oxygen atoms in total. The standard InChI is InChI=1S/C23H31N3O2.HI/c1-2-24-23(26-16-21(17-27)18-9-5-3-6-10-18)25-15-20-13-14-28-22(20)19-11-7-4-8-12-19;/h3-12,20-22,27H,2,13-17H2,1H3,(H2,24,25,26);1H. The van der Waals surface area contributed by atoms with E-state index in [0.717, 1.165) is 37.6 Å². The predicted octanol–water partition coefficient (Wildman–Crippen LogP) is 3.71. The summed E-state index contributed by atoms with van der Waals surface area (Å²) in [6.07, 6.45) is 1.17. The molecule has 0 aliphatic carbocycles. The second kappa shape index (κ2) is 12.8. The maximum atomic E-state index is 9.76. The SMILES string of the molecule is CCNC(=NCC(CO)c1ccccc1)NCC1CCOC1c1ccccc1.I. The molecule has 0 saturated carbocycles. The third-order valence-electron chi connectivity index (χ3n) is 5.18. The largest absolute Gasteiger partial charge is 0.396 e. The second-order valence-electron chi connectivity index (χ2n) is 7.14. The fraction of sp³-hybridized carbons (Fsp3) is 0.435. The van der Waals surface area contributed by atoms with Crippen LogP contribution in [-0.2, 0) is 4.74 Å². The van der Waals surface area contributed by atoms with E-state index in [1.807, 2.05) is 36.4 Å². The van der Waals surface area contributed by atoms with Crippen LogP contribution in [0, 0.1) is 5.92 Å². The van der Waals surface area contributed by atoms with Crippen molar-refractivity contribution in [3.8, 4) is 0 Å². The summed E-state index contributed by atoms with van der Waals surface area (Å²) < 4.78 is 5.98. The van der Waals surface area contributed by atoms with Crippen molar-refractivity contribution in [1.82, 2.24) is 10.6 Å². The maximum absolute atomic E-state index is 9.76. The molecule has 3 N–H and O–H groups in total. The molecule has 1 fully saturated rings. The highest BCUT2D eigenvalue weighted by atomic mass is 127. The number of benzene rings is 2. The van der Waals surface area contributed by atoms with Gasteiger partial charge in [0.2, 0.25) is 0 Å². The number of nitrogens with zero attached hydrogens (tertiary/aromatic N) is 1. The molecule has 1 aliphatic heterocycles. The van der Waals surface area contributed by atoms with Crippen LogP contribution in [-0.4, -0.2) is 43.9 Å². The van der Waals surface area contributed by atoms with Gasteiger partial charge in [0.05, 0.1) is 19.3 Å². The highest BCUT2D eigenvalue weighted by Gasteiger charge is 2.29. The summed E-state index contributed by atoms with van der Waals surface area (Å²) in [5.41, 5.74) is 2.34. The number of aliphatic imine (C=N–C) groups is 1. The van der Waals surface area contributed by atoms with E-state index in [2.05, 4.69) is 41.8 Å². The first-order chi connectivity index (χ1) is 13.8. The first-order valence-electron chi connectivity index (χ1n) is 10.2. The van der Waals surface area contributed by atoms with Crippen molar-refractivity contribution >= 4 is 29.9 Å². The first kappa shape index (κ1) is 23.6. The van der Waals surface area contributed by atoms with Gasteiger partial charge in [-0.1, -0.05) is 60.7 Å². The van der Waals surface area contributed by atoms with Crippen LogP contribution in [0.15, 0.2) is 65.7 Å². The summed E-state index contributed by atoms with van der Waals surface area (Å²) in [6.45, 7) is 5.08. The van der Waals surface area contributed by atoms with Gasteiger partial charge in [-0.2, -0.15) is 0 Å². The normalized spacial score (nSPS) is 20.0. The molecule has 1 aliphatic rings. The van der Waals surface area contributed by atoms with Gasteiger partial charge >= 0.3 is 0 Å². The Morgan fingerprint density at radius 1 is 1.10 bits per heavy atom. The monoisotopic (exact) mass is 509 g/mol. The number of hydrogen-bond donors (Lipinski definition) is 3. The van der Waals surface area contributed by atoms with Crippen molar-refractivity contribution in [3.05, 3.63) is 71.8 Å². The van der Waals surface area contributed by atoms with Gasteiger partial charge in [-0.15, -0.1) is 24.0 Å². The molecule has 1 heterocycles. The molecule has 0 spiro atoms. The van der Waals surface area contributed by atoms with Gasteiger partial charge < -0.3 is 20.5 Å². The number of halogens is 1. The third kappa shape index (κ3) is 6.97. The number of ether oxygens (including phenoxy) is 1. The molecule has 3 rings (SSSR count). The second-order valence-corrected chi connectivity index (χ2v) is 7.14. The summed E-state index contributed by atoms with van der Waals surface area (Å²) in [5.74, 6) is 1.20. The molecule has 0 amide bonds. The summed E-state index contributed by atoms with van der Waals surface area (Å²) >= 11 is 0. The van der Waals surface area contributed by atoms with E-state index in [1.165, 1.54) is 5.56 Å². The topological polar surface area (TPSA) is 65.9 Å². The van der Waals surface area contributed by atoms with Crippen LogP contribution < -0.4 is 10.6 Å². The zero-order valence-corrected chi connectivity index (χ0v) is 19.3. The predicted molar refractivity (Wildman–Crippen MR) is 129 cm³/mol. The summed E-state index contributed by atoms with van der Waals surface area (Å²) in [4.78, 5) is 4.71. The van der Waals surface area contributed by atoms with Crippen LogP contribution in [0.1, 0.15) is 36.5 Å². The summed E-state index contributed by atoms with van der Waals surface area (Å²) in [7, 11) is 0. The van der Waals surface area contributed by atoms with Crippen LogP contribution >= 0.6 is 24.0 Å². The van der Waals surface area contributed by atoms with E-state index in [9.17, 15) is 5.11 Å². The zero-order valence-electron chi connectivity index (χ0n) is 17.0. The highest BCUT2D eigenvalue weighted by molar-refractivity contribution is 14.0. The molecular formula is C23H32IN3O2. The van der Waals surface area contributed by atoms with Gasteiger partial charge in [0.15, 0.2) is 5.96 Å². The molecule has 2 aromatic rings. The number of guanidine groups is 1. The van der Waals surface area contributed by atoms with Crippen molar-refractivity contribution in [2.45, 2.75) is 25.4 Å². The van der Waals surface area contributed by atoms with Crippen molar-refractivity contribution in [3.63, 3.8) is 0 Å². The van der Waals surface area contributed by atoms with Crippen molar-refractivity contribution in [1.29, 1.82) is 0 Å². The Morgan fingerprint density at radius 2 is 1.79 bits per heavy atom. The van der Waals surface area contributed by atoms with Gasteiger partial charge in [0, 0.05) is 31.5 Å². The van der Waals surface area contributed by atoms with Crippen LogP contribution in [0.4, 0.5) is 0 Å². The van der Waals surface area contributed by atoms with Crippen LogP contribution in [0.25, 0.3) is 0 Å². The lowest BCUT2D eigenvalue weighted by Crippen LogP contribution is -2.40. The molecule has 6 heteroatoms. The average molecular weight is 509 g/mol. The van der Waals surface area contributed by atoms with Gasteiger partial charge in [0.1, 0.15) is 0 Å². The molecular weight excluding hydrogens is 477 g/mol. The Morgan fingerprint density at radius 3 is 2.45 bits per heavy atom. The van der Waals surface area contributed by atoms with Crippen molar-refractivity contribution < 1.29 is 9.84 Å². The minimum atomic E-state index is 0. The lowest BCUT2D eigenvalue weighted by atomic mass is 9.95. The Kier molecular flexibility index (Phi) is 10.5. The lowest BCUT2D eigenvalue weighted by molar-refractivity contribution is 0.0915. The Balaban J connectivity index is 0.00000300. The molecule has 3 unspecified atom stereocenters. The molecule has 0 aromatic heterocycles. The number of nitrogens with one attached hydrogen (secondary N) is 2. The molecule has 1 saturated heterocycles. The number of aliphatic hydroxyl groups excluding tert-OH is 1. The Bertz CT molecular complexity index is 727. The Hall–Kier alpha value is -1.64. The first-order valence-corrected chi connectivity index (χ1v) is 10.2. The van der Waals surface area contributed by atoms with Crippen molar-refractivity contribution in [2.75, 3.05) is 32.8 Å². The van der Waals surface area contributed by atoms with E-state index < -0.39 is 0 Å². The third-order valence-corrected chi connectivity index (χ3v) is 5.18. The van der Waals surface area contributed by atoms with Gasteiger partial charge in [-0.05, 0) is 24.5 Å². The van der Waals surface area contributed by atoms with Crippen LogP contribution in [0.2, 0.25) is 0 Å². The van der Waals surface area contributed by atoms with Gasteiger partial charge in [-0.3, -0.25) is 4.99 Å².